The van der Waals surface area contributed by atoms with Gasteiger partial charge in [-0.05, 0) is 43.2 Å². The molecule has 28 heavy (non-hydrogen) atoms. The summed E-state index contributed by atoms with van der Waals surface area (Å²) in [5, 5.41) is 7.29. The fraction of sp³-hybridized carbons (Fsp3) is 0.286. The summed E-state index contributed by atoms with van der Waals surface area (Å²) in [6.07, 6.45) is 0.628. The minimum Gasteiger partial charge on any atom is -0.486 e. The number of carbonyl (C=O) groups excluding carboxylic acids is 1. The van der Waals surface area contributed by atoms with E-state index in [0.29, 0.717) is 42.7 Å². The molecule has 0 fully saturated rings. The molecule has 146 valence electrons. The molecule has 6 nitrogen and oxygen atoms in total. The topological polar surface area (TPSA) is 72.7 Å². The Bertz CT molecular complexity index is 968. The van der Waals surface area contributed by atoms with E-state index in [1.54, 1.807) is 0 Å². The predicted molar refractivity (Wildman–Crippen MR) is 107 cm³/mol. The average molecular weight is 401 g/mol. The molecular weight excluding hydrogens is 380 g/mol. The zero-order valence-electron chi connectivity index (χ0n) is 15.5. The molecule has 2 amide bonds. The smallest absolute Gasteiger partial charge is 0.315 e. The summed E-state index contributed by atoms with van der Waals surface area (Å²) in [6, 6.07) is 13.0. The molecule has 1 unspecified atom stereocenters. The third-order valence-electron chi connectivity index (χ3n) is 4.57. The molecule has 1 atom stereocenters. The molecule has 7 heteroatoms. The molecule has 3 aromatic rings. The summed E-state index contributed by atoms with van der Waals surface area (Å²) in [5.74, 6) is 1.95. The highest BCUT2D eigenvalue weighted by Crippen LogP contribution is 2.38. The third kappa shape index (κ3) is 4.02. The van der Waals surface area contributed by atoms with Crippen LogP contribution < -0.4 is 20.1 Å². The Balaban J connectivity index is 1.30. The van der Waals surface area contributed by atoms with Crippen molar-refractivity contribution in [2.24, 2.45) is 0 Å². The van der Waals surface area contributed by atoms with Crippen LogP contribution in [0.3, 0.4) is 0 Å². The maximum absolute atomic E-state index is 12.2. The predicted octanol–water partition coefficient (Wildman–Crippen LogP) is 4.46. The number of ether oxygens (including phenoxy) is 2. The van der Waals surface area contributed by atoms with Crippen LogP contribution in [0.2, 0.25) is 5.02 Å². The summed E-state index contributed by atoms with van der Waals surface area (Å²) < 4.78 is 16.9. The summed E-state index contributed by atoms with van der Waals surface area (Å²) in [6.45, 7) is 3.36. The van der Waals surface area contributed by atoms with Gasteiger partial charge in [0.15, 0.2) is 11.5 Å². The Morgan fingerprint density at radius 2 is 2.00 bits per heavy atom. The van der Waals surface area contributed by atoms with Gasteiger partial charge in [0, 0.05) is 11.9 Å². The van der Waals surface area contributed by atoms with Gasteiger partial charge >= 0.3 is 6.03 Å². The van der Waals surface area contributed by atoms with Crippen LogP contribution >= 0.6 is 11.6 Å². The van der Waals surface area contributed by atoms with Crippen molar-refractivity contribution in [1.82, 2.24) is 10.6 Å². The lowest BCUT2D eigenvalue weighted by molar-refractivity contribution is 0.171. The zero-order chi connectivity index (χ0) is 19.5. The number of fused-ring (bicyclic) bond motifs is 2. The number of amides is 2. The fourth-order valence-electron chi connectivity index (χ4n) is 3.16. The zero-order valence-corrected chi connectivity index (χ0v) is 16.2. The third-order valence-corrected chi connectivity index (χ3v) is 4.86. The first-order valence-electron chi connectivity index (χ1n) is 9.21. The number of urea groups is 1. The summed E-state index contributed by atoms with van der Waals surface area (Å²) in [7, 11) is 0. The quantitative estimate of drug-likeness (QED) is 0.663. The van der Waals surface area contributed by atoms with Crippen molar-refractivity contribution in [2.45, 2.75) is 19.4 Å². The SMILES string of the molecule is CC(NC(=O)NCCc1cc(Cl)c2c(c1)OCCO2)c1cc2ccccc2o1. The average Bonchev–Trinajstić information content (AvgIpc) is 3.12. The molecule has 0 aliphatic carbocycles. The number of halogens is 1. The largest absolute Gasteiger partial charge is 0.486 e. The van der Waals surface area contributed by atoms with Crippen LogP contribution in [0.5, 0.6) is 11.5 Å². The van der Waals surface area contributed by atoms with Crippen LogP contribution in [0.4, 0.5) is 4.79 Å². The van der Waals surface area contributed by atoms with E-state index in [2.05, 4.69) is 10.6 Å². The monoisotopic (exact) mass is 400 g/mol. The van der Waals surface area contributed by atoms with Crippen LogP contribution in [-0.4, -0.2) is 25.8 Å². The van der Waals surface area contributed by atoms with E-state index in [9.17, 15) is 4.79 Å². The van der Waals surface area contributed by atoms with Crippen molar-refractivity contribution in [3.05, 3.63) is 58.8 Å². The van der Waals surface area contributed by atoms with Crippen LogP contribution in [0, 0.1) is 0 Å². The number of rotatable bonds is 5. The Kier molecular flexibility index (Phi) is 5.30. The van der Waals surface area contributed by atoms with Crippen LogP contribution in [0.1, 0.15) is 24.3 Å². The first-order chi connectivity index (χ1) is 13.6. The van der Waals surface area contributed by atoms with Gasteiger partial charge in [-0.3, -0.25) is 0 Å². The van der Waals surface area contributed by atoms with Gasteiger partial charge in [-0.25, -0.2) is 4.79 Å². The lowest BCUT2D eigenvalue weighted by Crippen LogP contribution is -2.37. The molecule has 4 rings (SSSR count). The van der Waals surface area contributed by atoms with Gasteiger partial charge in [0.1, 0.15) is 24.6 Å². The first kappa shape index (κ1) is 18.5. The van der Waals surface area contributed by atoms with Gasteiger partial charge in [-0.1, -0.05) is 29.8 Å². The Morgan fingerprint density at radius 3 is 2.86 bits per heavy atom. The second-order valence-electron chi connectivity index (χ2n) is 6.66. The van der Waals surface area contributed by atoms with Crippen molar-refractivity contribution >= 4 is 28.6 Å². The molecule has 0 radical (unpaired) electrons. The van der Waals surface area contributed by atoms with Gasteiger partial charge in [-0.15, -0.1) is 0 Å². The normalized spacial score (nSPS) is 13.9. The Labute approximate surface area is 167 Å². The highest BCUT2D eigenvalue weighted by molar-refractivity contribution is 6.32. The van der Waals surface area contributed by atoms with E-state index in [1.807, 2.05) is 49.4 Å². The summed E-state index contributed by atoms with van der Waals surface area (Å²) in [5.41, 5.74) is 1.78. The molecule has 0 bridgehead atoms. The lowest BCUT2D eigenvalue weighted by atomic mass is 10.1. The van der Waals surface area contributed by atoms with Crippen molar-refractivity contribution in [3.63, 3.8) is 0 Å². The maximum Gasteiger partial charge on any atom is 0.315 e. The molecule has 1 aliphatic heterocycles. The second kappa shape index (κ2) is 8.02. The number of carbonyl (C=O) groups is 1. The molecule has 1 aliphatic rings. The number of para-hydroxylation sites is 1. The van der Waals surface area contributed by atoms with E-state index < -0.39 is 0 Å². The molecule has 2 heterocycles. The molecule has 0 spiro atoms. The summed E-state index contributed by atoms with van der Waals surface area (Å²) in [4.78, 5) is 12.2. The van der Waals surface area contributed by atoms with Gasteiger partial charge in [0.05, 0.1) is 11.1 Å². The Morgan fingerprint density at radius 1 is 1.18 bits per heavy atom. The number of benzene rings is 2. The van der Waals surface area contributed by atoms with E-state index in [1.165, 1.54) is 0 Å². The van der Waals surface area contributed by atoms with Crippen molar-refractivity contribution in [2.75, 3.05) is 19.8 Å². The van der Waals surface area contributed by atoms with Gasteiger partial charge < -0.3 is 24.5 Å². The number of hydrogen-bond acceptors (Lipinski definition) is 4. The highest BCUT2D eigenvalue weighted by atomic mass is 35.5. The fourth-order valence-corrected chi connectivity index (χ4v) is 3.45. The first-order valence-corrected chi connectivity index (χ1v) is 9.59. The molecule has 0 saturated heterocycles. The van der Waals surface area contributed by atoms with Crippen molar-refractivity contribution < 1.29 is 18.7 Å². The highest BCUT2D eigenvalue weighted by Gasteiger charge is 2.17. The number of nitrogens with one attached hydrogen (secondary N) is 2. The van der Waals surface area contributed by atoms with Gasteiger partial charge in [0.25, 0.3) is 0 Å². The second-order valence-corrected chi connectivity index (χ2v) is 7.07. The molecular formula is C21H21ClN2O4. The van der Waals surface area contributed by atoms with Crippen molar-refractivity contribution in [3.8, 4) is 11.5 Å². The molecule has 1 aromatic heterocycles. The summed E-state index contributed by atoms with van der Waals surface area (Å²) >= 11 is 6.24. The van der Waals surface area contributed by atoms with Crippen molar-refractivity contribution in [1.29, 1.82) is 0 Å². The molecule has 2 aromatic carbocycles. The Hall–Kier alpha value is -2.86. The lowest BCUT2D eigenvalue weighted by Gasteiger charge is -2.20. The van der Waals surface area contributed by atoms with E-state index in [-0.39, 0.29) is 12.1 Å². The minimum absolute atomic E-state index is 0.240. The number of hydrogen-bond donors (Lipinski definition) is 2. The van der Waals surface area contributed by atoms with E-state index in [0.717, 1.165) is 22.3 Å². The standard InChI is InChI=1S/C21H21ClN2O4/c1-13(18-12-15-4-2-3-5-17(15)28-18)24-21(25)23-7-6-14-10-16(22)20-19(11-14)26-8-9-27-20/h2-5,10-13H,6-9H2,1H3,(H2,23,24,25). The van der Waals surface area contributed by atoms with E-state index in [4.69, 9.17) is 25.5 Å². The molecule has 2 N–H and O–H groups in total. The minimum atomic E-state index is -0.253. The number of furan rings is 1. The van der Waals surface area contributed by atoms with E-state index >= 15 is 0 Å². The van der Waals surface area contributed by atoms with Crippen LogP contribution in [0.25, 0.3) is 11.0 Å². The van der Waals surface area contributed by atoms with Gasteiger partial charge in [-0.2, -0.15) is 0 Å². The maximum atomic E-state index is 12.2. The van der Waals surface area contributed by atoms with Crippen LogP contribution in [-0.2, 0) is 6.42 Å². The van der Waals surface area contributed by atoms with Crippen LogP contribution in [0.15, 0.2) is 46.9 Å². The van der Waals surface area contributed by atoms with Gasteiger partial charge in [0.2, 0.25) is 0 Å². The molecule has 0 saturated carbocycles.